The smallest absolute Gasteiger partial charge is 0.306 e. The minimum Gasteiger partial charge on any atom is -0.481 e. The lowest BCUT2D eigenvalue weighted by molar-refractivity contribution is -0.146. The fourth-order valence-electron chi connectivity index (χ4n) is 2.75. The molecule has 1 aliphatic rings. The number of carbonyl (C=O) groups excluding carboxylic acids is 2. The Morgan fingerprint density at radius 1 is 1.32 bits per heavy atom. The summed E-state index contributed by atoms with van der Waals surface area (Å²) >= 11 is 5.91. The number of hydrogen-bond acceptors (Lipinski definition) is 3. The van der Waals surface area contributed by atoms with Crippen LogP contribution in [0.4, 0.5) is 4.39 Å². The van der Waals surface area contributed by atoms with Crippen LogP contribution in [-0.4, -0.2) is 59.4 Å². The second kappa shape index (κ2) is 8.29. The molecule has 1 heterocycles. The standard InChI is InChI=1S/C17H20ClFN2O4/c1-20(15(22)9-12-13(18)3-2-4-14(12)19)10-16(23)21-7-5-11(6-8-21)17(24)25/h2-4,11H,5-10H2,1H3,(H,24,25). The van der Waals surface area contributed by atoms with Crippen LogP contribution in [0.2, 0.25) is 5.02 Å². The number of likely N-dealkylation sites (N-methyl/N-ethyl adjacent to an activating group) is 1. The van der Waals surface area contributed by atoms with Crippen molar-refractivity contribution in [3.63, 3.8) is 0 Å². The second-order valence-corrected chi connectivity index (χ2v) is 6.53. The number of carboxylic acids is 1. The van der Waals surface area contributed by atoms with Gasteiger partial charge in [-0.25, -0.2) is 4.39 Å². The average Bonchev–Trinajstić information content (AvgIpc) is 2.58. The molecule has 1 saturated heterocycles. The maximum atomic E-state index is 13.8. The van der Waals surface area contributed by atoms with Gasteiger partial charge < -0.3 is 14.9 Å². The third-order valence-corrected chi connectivity index (χ3v) is 4.74. The van der Waals surface area contributed by atoms with E-state index < -0.39 is 23.6 Å². The quantitative estimate of drug-likeness (QED) is 0.857. The molecule has 2 rings (SSSR count). The average molecular weight is 371 g/mol. The first-order chi connectivity index (χ1) is 11.8. The lowest BCUT2D eigenvalue weighted by Crippen LogP contribution is -2.45. The Kier molecular flexibility index (Phi) is 6.36. The first kappa shape index (κ1) is 19.2. The van der Waals surface area contributed by atoms with Gasteiger partial charge in [-0.1, -0.05) is 17.7 Å². The van der Waals surface area contributed by atoms with Crippen LogP contribution in [0, 0.1) is 11.7 Å². The highest BCUT2D eigenvalue weighted by Gasteiger charge is 2.28. The van der Waals surface area contributed by atoms with Crippen molar-refractivity contribution in [3.8, 4) is 0 Å². The number of aliphatic carboxylic acids is 1. The Bertz CT molecular complexity index is 654. The molecule has 1 aliphatic heterocycles. The molecule has 6 nitrogen and oxygen atoms in total. The van der Waals surface area contributed by atoms with Crippen LogP contribution in [0.15, 0.2) is 18.2 Å². The largest absolute Gasteiger partial charge is 0.481 e. The number of halogens is 2. The maximum absolute atomic E-state index is 13.8. The second-order valence-electron chi connectivity index (χ2n) is 6.12. The van der Waals surface area contributed by atoms with Crippen LogP contribution in [0.1, 0.15) is 18.4 Å². The number of carboxylic acid groups (broad SMARTS) is 1. The first-order valence-corrected chi connectivity index (χ1v) is 8.34. The summed E-state index contributed by atoms with van der Waals surface area (Å²) in [6.45, 7) is 0.580. The number of nitrogens with zero attached hydrogens (tertiary/aromatic N) is 2. The number of benzene rings is 1. The monoisotopic (exact) mass is 370 g/mol. The topological polar surface area (TPSA) is 77.9 Å². The highest BCUT2D eigenvalue weighted by molar-refractivity contribution is 6.31. The van der Waals surface area contributed by atoms with Gasteiger partial charge in [0.1, 0.15) is 5.82 Å². The lowest BCUT2D eigenvalue weighted by Gasteiger charge is -2.31. The molecule has 0 unspecified atom stereocenters. The van der Waals surface area contributed by atoms with Gasteiger partial charge in [0.15, 0.2) is 0 Å². The van der Waals surface area contributed by atoms with Crippen molar-refractivity contribution in [2.75, 3.05) is 26.7 Å². The molecule has 0 aliphatic carbocycles. The minimum atomic E-state index is -0.846. The van der Waals surface area contributed by atoms with Gasteiger partial charge in [0, 0.05) is 30.7 Å². The molecule has 0 spiro atoms. The number of carbonyl (C=O) groups is 3. The molecule has 1 N–H and O–H groups in total. The third kappa shape index (κ3) is 4.92. The van der Waals surface area contributed by atoms with E-state index >= 15 is 0 Å². The Hall–Kier alpha value is -2.15. The van der Waals surface area contributed by atoms with Gasteiger partial charge in [-0.2, -0.15) is 0 Å². The van der Waals surface area contributed by atoms with Crippen LogP contribution >= 0.6 is 11.6 Å². The van der Waals surface area contributed by atoms with E-state index in [1.807, 2.05) is 0 Å². The predicted molar refractivity (Wildman–Crippen MR) is 89.7 cm³/mol. The molecular weight excluding hydrogens is 351 g/mol. The molecule has 0 bridgehead atoms. The fraction of sp³-hybridized carbons (Fsp3) is 0.471. The molecule has 25 heavy (non-hydrogen) atoms. The molecule has 0 radical (unpaired) electrons. The van der Waals surface area contributed by atoms with E-state index in [-0.39, 0.29) is 29.5 Å². The molecule has 136 valence electrons. The predicted octanol–water partition coefficient (Wildman–Crippen LogP) is 1.80. The van der Waals surface area contributed by atoms with Crippen LogP contribution in [0.3, 0.4) is 0 Å². The Labute approximate surface area is 150 Å². The van der Waals surface area contributed by atoms with Gasteiger partial charge in [-0.3, -0.25) is 14.4 Å². The number of amides is 2. The lowest BCUT2D eigenvalue weighted by atomic mass is 9.97. The summed E-state index contributed by atoms with van der Waals surface area (Å²) in [6, 6.07) is 4.19. The zero-order valence-electron chi connectivity index (χ0n) is 13.9. The van der Waals surface area contributed by atoms with Gasteiger partial charge >= 0.3 is 5.97 Å². The number of hydrogen-bond donors (Lipinski definition) is 1. The van der Waals surface area contributed by atoms with E-state index in [2.05, 4.69) is 0 Å². The highest BCUT2D eigenvalue weighted by Crippen LogP contribution is 2.20. The summed E-state index contributed by atoms with van der Waals surface area (Å²) in [5.41, 5.74) is 0.107. The number of piperidine rings is 1. The van der Waals surface area contributed by atoms with Crippen molar-refractivity contribution in [3.05, 3.63) is 34.6 Å². The molecule has 1 aromatic rings. The summed E-state index contributed by atoms with van der Waals surface area (Å²) in [5, 5.41) is 9.14. The SMILES string of the molecule is CN(CC(=O)N1CCC(C(=O)O)CC1)C(=O)Cc1c(F)cccc1Cl. The summed E-state index contributed by atoms with van der Waals surface area (Å²) in [6.07, 6.45) is 0.587. The summed E-state index contributed by atoms with van der Waals surface area (Å²) < 4.78 is 13.8. The van der Waals surface area contributed by atoms with Gasteiger partial charge in [-0.15, -0.1) is 0 Å². The normalized spacial score (nSPS) is 15.1. The van der Waals surface area contributed by atoms with Crippen molar-refractivity contribution in [2.24, 2.45) is 5.92 Å². The van der Waals surface area contributed by atoms with Crippen LogP contribution in [-0.2, 0) is 20.8 Å². The number of likely N-dealkylation sites (tertiary alicyclic amines) is 1. The van der Waals surface area contributed by atoms with E-state index in [1.165, 1.54) is 30.1 Å². The molecular formula is C17H20ClFN2O4. The van der Waals surface area contributed by atoms with Crippen molar-refractivity contribution < 1.29 is 23.9 Å². The Morgan fingerprint density at radius 3 is 2.52 bits per heavy atom. The van der Waals surface area contributed by atoms with E-state index in [9.17, 15) is 18.8 Å². The molecule has 0 atom stereocenters. The van der Waals surface area contributed by atoms with Crippen LogP contribution in [0.25, 0.3) is 0 Å². The van der Waals surface area contributed by atoms with Gasteiger partial charge in [0.2, 0.25) is 11.8 Å². The van der Waals surface area contributed by atoms with Gasteiger partial charge in [0.05, 0.1) is 18.9 Å². The van der Waals surface area contributed by atoms with Crippen molar-refractivity contribution in [2.45, 2.75) is 19.3 Å². The summed E-state index contributed by atoms with van der Waals surface area (Å²) in [4.78, 5) is 38.2. The van der Waals surface area contributed by atoms with E-state index in [0.717, 1.165) is 0 Å². The van der Waals surface area contributed by atoms with Crippen LogP contribution in [0.5, 0.6) is 0 Å². The summed E-state index contributed by atoms with van der Waals surface area (Å²) in [7, 11) is 1.47. The van der Waals surface area contributed by atoms with E-state index in [4.69, 9.17) is 16.7 Å². The molecule has 8 heteroatoms. The zero-order valence-corrected chi connectivity index (χ0v) is 14.6. The highest BCUT2D eigenvalue weighted by atomic mass is 35.5. The van der Waals surface area contributed by atoms with E-state index in [0.29, 0.717) is 25.9 Å². The Morgan fingerprint density at radius 2 is 1.96 bits per heavy atom. The van der Waals surface area contributed by atoms with Crippen molar-refractivity contribution in [1.82, 2.24) is 9.80 Å². The summed E-state index contributed by atoms with van der Waals surface area (Å²) in [5.74, 6) is -2.50. The first-order valence-electron chi connectivity index (χ1n) is 7.97. The minimum absolute atomic E-state index is 0.107. The molecule has 1 aromatic carbocycles. The van der Waals surface area contributed by atoms with Crippen LogP contribution < -0.4 is 0 Å². The molecule has 1 fully saturated rings. The maximum Gasteiger partial charge on any atom is 0.306 e. The fourth-order valence-corrected chi connectivity index (χ4v) is 2.98. The van der Waals surface area contributed by atoms with Crippen molar-refractivity contribution in [1.29, 1.82) is 0 Å². The molecule has 2 amide bonds. The third-order valence-electron chi connectivity index (χ3n) is 4.38. The molecule has 0 saturated carbocycles. The van der Waals surface area contributed by atoms with Gasteiger partial charge in [0.25, 0.3) is 0 Å². The van der Waals surface area contributed by atoms with E-state index in [1.54, 1.807) is 4.90 Å². The van der Waals surface area contributed by atoms with Gasteiger partial charge in [-0.05, 0) is 25.0 Å². The Balaban J connectivity index is 1.89. The zero-order chi connectivity index (χ0) is 18.6. The molecule has 0 aromatic heterocycles. The number of rotatable bonds is 5. The van der Waals surface area contributed by atoms with Crippen molar-refractivity contribution >= 4 is 29.4 Å².